The van der Waals surface area contributed by atoms with Gasteiger partial charge < -0.3 is 9.64 Å². The summed E-state index contributed by atoms with van der Waals surface area (Å²) in [6.45, 7) is 7.61. The lowest BCUT2D eigenvalue weighted by Crippen LogP contribution is -2.37. The number of benzene rings is 1. The molecule has 1 aromatic carbocycles. The molecule has 0 N–H and O–H groups in total. The zero-order valence-electron chi connectivity index (χ0n) is 12.5. The number of carbonyl (C=O) groups excluding carboxylic acids is 2. The van der Waals surface area contributed by atoms with Gasteiger partial charge in [0.05, 0.1) is 6.61 Å². The first-order valence-electron chi connectivity index (χ1n) is 6.87. The molecule has 0 radical (unpaired) electrons. The highest BCUT2D eigenvalue weighted by Gasteiger charge is 2.18. The van der Waals surface area contributed by atoms with Gasteiger partial charge in [0.1, 0.15) is 6.54 Å². The van der Waals surface area contributed by atoms with E-state index in [4.69, 9.17) is 4.74 Å². The van der Waals surface area contributed by atoms with Gasteiger partial charge in [0, 0.05) is 12.1 Å². The maximum Gasteiger partial charge on any atom is 0.325 e. The molecule has 0 fully saturated rings. The topological polar surface area (TPSA) is 46.6 Å². The van der Waals surface area contributed by atoms with Crippen LogP contribution in [0.3, 0.4) is 0 Å². The number of ether oxygens (including phenoxy) is 1. The summed E-state index contributed by atoms with van der Waals surface area (Å²) in [7, 11) is 0. The van der Waals surface area contributed by atoms with Crippen LogP contribution in [0.1, 0.15) is 19.4 Å². The lowest BCUT2D eigenvalue weighted by atomic mass is 10.1. The predicted molar refractivity (Wildman–Crippen MR) is 83.5 cm³/mol. The van der Waals surface area contributed by atoms with Crippen LogP contribution in [0.4, 0.5) is 0 Å². The highest BCUT2D eigenvalue weighted by molar-refractivity contribution is 5.98. The molecule has 0 heterocycles. The third-order valence-corrected chi connectivity index (χ3v) is 2.78. The van der Waals surface area contributed by atoms with Gasteiger partial charge in [-0.2, -0.15) is 0 Å². The fraction of sp³-hybridized carbons (Fsp3) is 0.294. The van der Waals surface area contributed by atoms with E-state index in [1.165, 1.54) is 4.90 Å². The van der Waals surface area contributed by atoms with Crippen molar-refractivity contribution >= 4 is 18.0 Å². The summed E-state index contributed by atoms with van der Waals surface area (Å²) < 4.78 is 4.88. The highest BCUT2D eigenvalue weighted by atomic mass is 16.5. The summed E-state index contributed by atoms with van der Waals surface area (Å²) in [5.74, 6) is -0.619. The molecular weight excluding hydrogens is 266 g/mol. The Kier molecular flexibility index (Phi) is 6.95. The van der Waals surface area contributed by atoms with Gasteiger partial charge in [-0.25, -0.2) is 0 Å². The Hall–Kier alpha value is -2.36. The molecular formula is C17H21NO3. The number of hydrogen-bond acceptors (Lipinski definition) is 3. The van der Waals surface area contributed by atoms with Crippen LogP contribution in [-0.4, -0.2) is 36.5 Å². The number of esters is 1. The molecule has 0 unspecified atom stereocenters. The first-order chi connectivity index (χ1) is 10.1. The zero-order valence-corrected chi connectivity index (χ0v) is 12.5. The van der Waals surface area contributed by atoms with Crippen LogP contribution >= 0.6 is 0 Å². The minimum Gasteiger partial charge on any atom is -0.465 e. The average Bonchev–Trinajstić information content (AvgIpc) is 2.47. The molecule has 0 saturated carbocycles. The van der Waals surface area contributed by atoms with E-state index in [0.717, 1.165) is 5.56 Å². The summed E-state index contributed by atoms with van der Waals surface area (Å²) >= 11 is 0. The first kappa shape index (κ1) is 16.7. The van der Waals surface area contributed by atoms with E-state index in [-0.39, 0.29) is 12.5 Å². The number of nitrogens with zero attached hydrogens (tertiary/aromatic N) is 1. The second-order valence-electron chi connectivity index (χ2n) is 4.52. The monoisotopic (exact) mass is 287 g/mol. The number of hydrogen-bond donors (Lipinski definition) is 0. The Morgan fingerprint density at radius 1 is 1.29 bits per heavy atom. The third-order valence-electron chi connectivity index (χ3n) is 2.78. The molecule has 1 rings (SSSR count). The van der Waals surface area contributed by atoms with Crippen LogP contribution in [0.25, 0.3) is 6.08 Å². The van der Waals surface area contributed by atoms with Gasteiger partial charge in [-0.3, -0.25) is 9.59 Å². The van der Waals surface area contributed by atoms with Gasteiger partial charge in [-0.1, -0.05) is 36.4 Å². The van der Waals surface area contributed by atoms with Gasteiger partial charge in [0.2, 0.25) is 5.91 Å². The Balaban J connectivity index is 2.82. The van der Waals surface area contributed by atoms with Crippen molar-refractivity contribution in [3.63, 3.8) is 0 Å². The largest absolute Gasteiger partial charge is 0.465 e. The van der Waals surface area contributed by atoms with Crippen molar-refractivity contribution in [1.82, 2.24) is 4.90 Å². The van der Waals surface area contributed by atoms with E-state index in [0.29, 0.717) is 18.7 Å². The van der Waals surface area contributed by atoms with Crippen LogP contribution in [0, 0.1) is 0 Å². The van der Waals surface area contributed by atoms with Gasteiger partial charge in [-0.15, -0.1) is 6.58 Å². The Bertz CT molecular complexity index is 520. The fourth-order valence-electron chi connectivity index (χ4n) is 1.85. The highest BCUT2D eigenvalue weighted by Crippen LogP contribution is 2.09. The van der Waals surface area contributed by atoms with Crippen molar-refractivity contribution in [3.8, 4) is 0 Å². The Morgan fingerprint density at radius 2 is 1.95 bits per heavy atom. The van der Waals surface area contributed by atoms with Crippen LogP contribution < -0.4 is 0 Å². The number of carbonyl (C=O) groups is 2. The molecule has 1 amide bonds. The maximum atomic E-state index is 12.4. The van der Waals surface area contributed by atoms with Crippen molar-refractivity contribution in [1.29, 1.82) is 0 Å². The molecule has 0 aliphatic carbocycles. The molecule has 112 valence electrons. The van der Waals surface area contributed by atoms with Crippen molar-refractivity contribution in [3.05, 3.63) is 54.1 Å². The first-order valence-corrected chi connectivity index (χ1v) is 6.87. The lowest BCUT2D eigenvalue weighted by Gasteiger charge is -2.20. The average molecular weight is 287 g/mol. The SMILES string of the molecule is C=CCN(CC(=O)OCC)C(=O)/C(C)=C/c1ccccc1. The van der Waals surface area contributed by atoms with Crippen molar-refractivity contribution in [2.24, 2.45) is 0 Å². The molecule has 0 aromatic heterocycles. The second kappa shape index (κ2) is 8.74. The summed E-state index contributed by atoms with van der Waals surface area (Å²) in [5.41, 5.74) is 1.50. The van der Waals surface area contributed by atoms with Crippen LogP contribution in [0.5, 0.6) is 0 Å². The van der Waals surface area contributed by atoms with Gasteiger partial charge in [0.25, 0.3) is 0 Å². The second-order valence-corrected chi connectivity index (χ2v) is 4.52. The molecule has 1 aromatic rings. The van der Waals surface area contributed by atoms with Crippen molar-refractivity contribution in [2.75, 3.05) is 19.7 Å². The Morgan fingerprint density at radius 3 is 2.52 bits per heavy atom. The van der Waals surface area contributed by atoms with E-state index in [1.54, 1.807) is 26.0 Å². The summed E-state index contributed by atoms with van der Waals surface area (Å²) in [6, 6.07) is 9.56. The standard InChI is InChI=1S/C17H21NO3/c1-4-11-18(13-16(19)21-5-2)17(20)14(3)12-15-9-7-6-8-10-15/h4,6-10,12H,1,5,11,13H2,2-3H3/b14-12+. The molecule has 0 atom stereocenters. The van der Waals surface area contributed by atoms with E-state index in [1.807, 2.05) is 30.3 Å². The molecule has 0 aliphatic heterocycles. The van der Waals surface area contributed by atoms with Crippen LogP contribution in [-0.2, 0) is 14.3 Å². The predicted octanol–water partition coefficient (Wildman–Crippen LogP) is 2.67. The number of amides is 1. The molecule has 0 saturated heterocycles. The normalized spacial score (nSPS) is 10.9. The van der Waals surface area contributed by atoms with Crippen LogP contribution in [0.15, 0.2) is 48.6 Å². The van der Waals surface area contributed by atoms with Crippen LogP contribution in [0.2, 0.25) is 0 Å². The Labute approximate surface area is 125 Å². The molecule has 4 heteroatoms. The smallest absolute Gasteiger partial charge is 0.325 e. The van der Waals surface area contributed by atoms with E-state index in [9.17, 15) is 9.59 Å². The minimum absolute atomic E-state index is 0.0708. The molecule has 0 spiro atoms. The van der Waals surface area contributed by atoms with Gasteiger partial charge in [0.15, 0.2) is 0 Å². The third kappa shape index (κ3) is 5.65. The molecule has 0 aliphatic rings. The minimum atomic E-state index is -0.416. The molecule has 21 heavy (non-hydrogen) atoms. The maximum absolute atomic E-state index is 12.4. The quantitative estimate of drug-likeness (QED) is 0.440. The van der Waals surface area contributed by atoms with E-state index < -0.39 is 5.97 Å². The van der Waals surface area contributed by atoms with Gasteiger partial charge in [-0.05, 0) is 25.5 Å². The summed E-state index contributed by atoms with van der Waals surface area (Å²) in [6.07, 6.45) is 3.39. The lowest BCUT2D eigenvalue weighted by molar-refractivity contribution is -0.147. The summed E-state index contributed by atoms with van der Waals surface area (Å²) in [4.78, 5) is 25.3. The molecule has 4 nitrogen and oxygen atoms in total. The van der Waals surface area contributed by atoms with E-state index >= 15 is 0 Å². The number of rotatable bonds is 7. The molecule has 0 bridgehead atoms. The van der Waals surface area contributed by atoms with Gasteiger partial charge >= 0.3 is 5.97 Å². The van der Waals surface area contributed by atoms with Crippen molar-refractivity contribution < 1.29 is 14.3 Å². The van der Waals surface area contributed by atoms with E-state index in [2.05, 4.69) is 6.58 Å². The fourth-order valence-corrected chi connectivity index (χ4v) is 1.85. The van der Waals surface area contributed by atoms with Crippen molar-refractivity contribution in [2.45, 2.75) is 13.8 Å². The summed E-state index contributed by atoms with van der Waals surface area (Å²) in [5, 5.41) is 0. The zero-order chi connectivity index (χ0) is 15.7.